The Labute approximate surface area is 151 Å². The van der Waals surface area contributed by atoms with E-state index >= 15 is 0 Å². The van der Waals surface area contributed by atoms with Crippen molar-refractivity contribution in [2.24, 2.45) is 5.92 Å². The van der Waals surface area contributed by atoms with Crippen molar-refractivity contribution in [3.8, 4) is 0 Å². The molecule has 0 bridgehead atoms. The minimum absolute atomic E-state index is 0.262. The van der Waals surface area contributed by atoms with E-state index in [2.05, 4.69) is 41.0 Å². The molecule has 2 saturated heterocycles. The van der Waals surface area contributed by atoms with Gasteiger partial charge in [-0.3, -0.25) is 14.6 Å². The van der Waals surface area contributed by atoms with Gasteiger partial charge in [-0.2, -0.15) is 0 Å². The van der Waals surface area contributed by atoms with Crippen LogP contribution in [-0.2, 0) is 11.3 Å². The number of piperidine rings is 1. The Bertz CT molecular complexity index is 562. The number of aryl methyl sites for hydroxylation is 1. The highest BCUT2D eigenvalue weighted by atomic mass is 16.3. The van der Waals surface area contributed by atoms with Gasteiger partial charge in [0.25, 0.3) is 0 Å². The quantitative estimate of drug-likeness (QED) is 0.875. The molecule has 0 saturated carbocycles. The molecule has 1 amide bonds. The monoisotopic (exact) mass is 345 g/mol. The lowest BCUT2D eigenvalue weighted by Crippen LogP contribution is -2.51. The number of rotatable bonds is 5. The summed E-state index contributed by atoms with van der Waals surface area (Å²) in [6, 6.07) is 8.54. The molecule has 2 aliphatic heterocycles. The first-order valence-corrected chi connectivity index (χ1v) is 9.53. The molecule has 0 radical (unpaired) electrons. The molecule has 2 aliphatic rings. The van der Waals surface area contributed by atoms with Gasteiger partial charge in [0.15, 0.2) is 0 Å². The summed E-state index contributed by atoms with van der Waals surface area (Å²) in [5.74, 6) is 0.689. The average Bonchev–Trinajstić information content (AvgIpc) is 2.65. The predicted molar refractivity (Wildman–Crippen MR) is 99.3 cm³/mol. The van der Waals surface area contributed by atoms with E-state index in [1.54, 1.807) is 0 Å². The largest absolute Gasteiger partial charge is 0.396 e. The summed E-state index contributed by atoms with van der Waals surface area (Å²) in [5.41, 5.74) is 2.72. The molecule has 2 fully saturated rings. The van der Waals surface area contributed by atoms with Crippen molar-refractivity contribution in [3.63, 3.8) is 0 Å². The molecule has 0 spiro atoms. The van der Waals surface area contributed by atoms with Gasteiger partial charge in [0.05, 0.1) is 6.54 Å². The van der Waals surface area contributed by atoms with Gasteiger partial charge in [0, 0.05) is 39.3 Å². The number of aliphatic hydroxyl groups is 1. The molecule has 1 aromatic carbocycles. The molecule has 0 aromatic heterocycles. The lowest BCUT2D eigenvalue weighted by Gasteiger charge is -2.37. The summed E-state index contributed by atoms with van der Waals surface area (Å²) < 4.78 is 0. The van der Waals surface area contributed by atoms with E-state index < -0.39 is 0 Å². The van der Waals surface area contributed by atoms with Gasteiger partial charge in [-0.1, -0.05) is 24.3 Å². The fourth-order valence-electron chi connectivity index (χ4n) is 3.80. The van der Waals surface area contributed by atoms with Crippen LogP contribution in [-0.4, -0.2) is 78.1 Å². The predicted octanol–water partition coefficient (Wildman–Crippen LogP) is 1.34. The first-order valence-electron chi connectivity index (χ1n) is 9.53. The standard InChI is InChI=1S/C20H31N3O2/c1-17-4-2-3-5-19(17)14-22-10-12-23(13-11-22)20(25)15-21-8-6-18(16-24)7-9-21/h2-5,18,24H,6-16H2,1H3. The number of hydrogen-bond acceptors (Lipinski definition) is 4. The second kappa shape index (κ2) is 8.79. The van der Waals surface area contributed by atoms with E-state index in [0.29, 0.717) is 12.5 Å². The number of carbonyl (C=O) groups is 1. The van der Waals surface area contributed by atoms with Crippen LogP contribution < -0.4 is 0 Å². The van der Waals surface area contributed by atoms with Gasteiger partial charge in [-0.25, -0.2) is 0 Å². The number of aliphatic hydroxyl groups excluding tert-OH is 1. The third-order valence-corrected chi connectivity index (χ3v) is 5.70. The number of nitrogens with zero attached hydrogens (tertiary/aromatic N) is 3. The van der Waals surface area contributed by atoms with Crippen LogP contribution in [0.5, 0.6) is 0 Å². The molecule has 0 unspecified atom stereocenters. The van der Waals surface area contributed by atoms with Crippen molar-refractivity contribution in [3.05, 3.63) is 35.4 Å². The third kappa shape index (κ3) is 5.03. The fourth-order valence-corrected chi connectivity index (χ4v) is 3.80. The van der Waals surface area contributed by atoms with E-state index in [1.807, 2.05) is 4.90 Å². The smallest absolute Gasteiger partial charge is 0.236 e. The molecule has 0 atom stereocenters. The highest BCUT2D eigenvalue weighted by Gasteiger charge is 2.25. The number of piperazine rings is 1. The van der Waals surface area contributed by atoms with Crippen LogP contribution in [0.15, 0.2) is 24.3 Å². The van der Waals surface area contributed by atoms with E-state index in [-0.39, 0.29) is 12.5 Å². The van der Waals surface area contributed by atoms with E-state index in [4.69, 9.17) is 0 Å². The van der Waals surface area contributed by atoms with E-state index in [9.17, 15) is 9.90 Å². The molecule has 3 rings (SSSR count). The van der Waals surface area contributed by atoms with Crippen LogP contribution in [0.4, 0.5) is 0 Å². The maximum atomic E-state index is 12.6. The van der Waals surface area contributed by atoms with E-state index in [0.717, 1.165) is 58.7 Å². The Morgan fingerprint density at radius 1 is 1.04 bits per heavy atom. The van der Waals surface area contributed by atoms with Crippen LogP contribution in [0, 0.1) is 12.8 Å². The summed E-state index contributed by atoms with van der Waals surface area (Å²) in [5, 5.41) is 9.21. The summed E-state index contributed by atoms with van der Waals surface area (Å²) in [6.07, 6.45) is 2.02. The topological polar surface area (TPSA) is 47.0 Å². The lowest BCUT2D eigenvalue weighted by molar-refractivity contribution is -0.134. The first kappa shape index (κ1) is 18.4. The molecule has 5 heteroatoms. The Morgan fingerprint density at radius 2 is 1.72 bits per heavy atom. The Kier molecular flexibility index (Phi) is 6.45. The van der Waals surface area contributed by atoms with E-state index in [1.165, 1.54) is 11.1 Å². The molecule has 138 valence electrons. The van der Waals surface area contributed by atoms with Gasteiger partial charge < -0.3 is 10.0 Å². The summed E-state index contributed by atoms with van der Waals surface area (Å²) in [7, 11) is 0. The van der Waals surface area contributed by atoms with Crippen LogP contribution in [0.3, 0.4) is 0 Å². The summed E-state index contributed by atoms with van der Waals surface area (Å²) in [4.78, 5) is 19.3. The Balaban J connectivity index is 1.41. The van der Waals surface area contributed by atoms with Crippen molar-refractivity contribution >= 4 is 5.91 Å². The zero-order valence-corrected chi connectivity index (χ0v) is 15.4. The van der Waals surface area contributed by atoms with Gasteiger partial charge in [-0.15, -0.1) is 0 Å². The zero-order chi connectivity index (χ0) is 17.6. The second-order valence-corrected chi connectivity index (χ2v) is 7.49. The van der Waals surface area contributed by atoms with Crippen molar-refractivity contribution < 1.29 is 9.90 Å². The maximum absolute atomic E-state index is 12.6. The Hall–Kier alpha value is -1.43. The number of amides is 1. The molecular formula is C20H31N3O2. The Morgan fingerprint density at radius 3 is 2.36 bits per heavy atom. The van der Waals surface area contributed by atoms with Gasteiger partial charge in [0.2, 0.25) is 5.91 Å². The molecule has 1 N–H and O–H groups in total. The maximum Gasteiger partial charge on any atom is 0.236 e. The van der Waals surface area contributed by atoms with Gasteiger partial charge in [-0.05, 0) is 49.9 Å². The van der Waals surface area contributed by atoms with Crippen LogP contribution in [0.25, 0.3) is 0 Å². The highest BCUT2D eigenvalue weighted by Crippen LogP contribution is 2.17. The number of carbonyl (C=O) groups excluding carboxylic acids is 1. The highest BCUT2D eigenvalue weighted by molar-refractivity contribution is 5.78. The molecule has 5 nitrogen and oxygen atoms in total. The zero-order valence-electron chi connectivity index (χ0n) is 15.4. The number of benzene rings is 1. The number of hydrogen-bond donors (Lipinski definition) is 1. The van der Waals surface area contributed by atoms with Gasteiger partial charge in [0.1, 0.15) is 0 Å². The molecule has 25 heavy (non-hydrogen) atoms. The molecule has 2 heterocycles. The fraction of sp³-hybridized carbons (Fsp3) is 0.650. The van der Waals surface area contributed by atoms with Crippen molar-refractivity contribution in [1.82, 2.24) is 14.7 Å². The van der Waals surface area contributed by atoms with Crippen molar-refractivity contribution in [1.29, 1.82) is 0 Å². The minimum Gasteiger partial charge on any atom is -0.396 e. The number of likely N-dealkylation sites (tertiary alicyclic amines) is 1. The molecular weight excluding hydrogens is 314 g/mol. The second-order valence-electron chi connectivity index (χ2n) is 7.49. The van der Waals surface area contributed by atoms with Crippen LogP contribution >= 0.6 is 0 Å². The normalized spacial score (nSPS) is 20.8. The SMILES string of the molecule is Cc1ccccc1CN1CCN(C(=O)CN2CCC(CO)CC2)CC1. The average molecular weight is 345 g/mol. The summed E-state index contributed by atoms with van der Waals surface area (Å²) in [6.45, 7) is 9.39. The third-order valence-electron chi connectivity index (χ3n) is 5.70. The van der Waals surface area contributed by atoms with Crippen molar-refractivity contribution in [2.75, 3.05) is 52.4 Å². The van der Waals surface area contributed by atoms with Crippen molar-refractivity contribution in [2.45, 2.75) is 26.3 Å². The van der Waals surface area contributed by atoms with Crippen LogP contribution in [0.2, 0.25) is 0 Å². The molecule has 0 aliphatic carbocycles. The first-order chi connectivity index (χ1) is 12.2. The summed E-state index contributed by atoms with van der Waals surface area (Å²) >= 11 is 0. The molecule has 1 aromatic rings. The van der Waals surface area contributed by atoms with Crippen LogP contribution in [0.1, 0.15) is 24.0 Å². The lowest BCUT2D eigenvalue weighted by atomic mass is 9.98. The minimum atomic E-state index is 0.262. The van der Waals surface area contributed by atoms with Gasteiger partial charge >= 0.3 is 0 Å².